The van der Waals surface area contributed by atoms with Crippen molar-refractivity contribution in [3.63, 3.8) is 0 Å². The van der Waals surface area contributed by atoms with Crippen LogP contribution in [0.4, 0.5) is 17.2 Å². The molecule has 9 nitrogen and oxygen atoms in total. The fourth-order valence-corrected chi connectivity index (χ4v) is 3.97. The lowest BCUT2D eigenvalue weighted by molar-refractivity contribution is 0.102. The van der Waals surface area contributed by atoms with E-state index in [1.54, 1.807) is 24.1 Å². The van der Waals surface area contributed by atoms with Crippen molar-refractivity contribution in [2.24, 2.45) is 7.05 Å². The third kappa shape index (κ3) is 4.31. The molecule has 0 bridgehead atoms. The molecule has 0 aliphatic heterocycles. The minimum atomic E-state index is -0.326. The molecule has 1 saturated carbocycles. The highest BCUT2D eigenvalue weighted by Gasteiger charge is 2.27. The van der Waals surface area contributed by atoms with Gasteiger partial charge < -0.3 is 10.6 Å². The molecule has 1 amide bonds. The van der Waals surface area contributed by atoms with E-state index in [-0.39, 0.29) is 5.91 Å². The number of hydrogen-bond acceptors (Lipinski definition) is 7. The minimum Gasteiger partial charge on any atom is -0.351 e. The van der Waals surface area contributed by atoms with Crippen LogP contribution in [0.3, 0.4) is 0 Å². The summed E-state index contributed by atoms with van der Waals surface area (Å²) in [5, 5.41) is 11.8. The molecule has 0 saturated heterocycles. The Kier molecular flexibility index (Phi) is 5.14. The smallest absolute Gasteiger partial charge is 0.277 e. The number of benzene rings is 1. The number of amides is 1. The maximum Gasteiger partial charge on any atom is 0.277 e. The summed E-state index contributed by atoms with van der Waals surface area (Å²) in [6.07, 6.45) is 6.94. The van der Waals surface area contributed by atoms with Gasteiger partial charge in [-0.3, -0.25) is 9.48 Å². The standard InChI is InChI=1S/C26H22N8O/c1-34-24(12-23(33-34)21-9-8-16-4-2-3-5-19(16)30-21)32-26(35)25-22(29-18-13-27-15-28-14-18)11-10-20(31-25)17-6-7-17/h2-5,8-15,17,29H,6-7H2,1H3,(H,32,35). The van der Waals surface area contributed by atoms with E-state index in [1.807, 2.05) is 54.6 Å². The summed E-state index contributed by atoms with van der Waals surface area (Å²) in [5.74, 6) is 0.637. The van der Waals surface area contributed by atoms with Crippen molar-refractivity contribution in [2.45, 2.75) is 18.8 Å². The summed E-state index contributed by atoms with van der Waals surface area (Å²) < 4.78 is 1.63. The van der Waals surface area contributed by atoms with Crippen LogP contribution in [0.2, 0.25) is 0 Å². The molecule has 0 radical (unpaired) electrons. The van der Waals surface area contributed by atoms with Gasteiger partial charge in [0.25, 0.3) is 5.91 Å². The minimum absolute atomic E-state index is 0.310. The highest BCUT2D eigenvalue weighted by Crippen LogP contribution is 2.39. The summed E-state index contributed by atoms with van der Waals surface area (Å²) in [7, 11) is 1.79. The number of fused-ring (bicyclic) bond motifs is 1. The van der Waals surface area contributed by atoms with Crippen molar-refractivity contribution in [3.05, 3.63) is 84.7 Å². The Morgan fingerprint density at radius 2 is 1.80 bits per heavy atom. The predicted molar refractivity (Wildman–Crippen MR) is 133 cm³/mol. The second kappa shape index (κ2) is 8.60. The van der Waals surface area contributed by atoms with Crippen LogP contribution >= 0.6 is 0 Å². The SMILES string of the molecule is Cn1nc(-c2ccc3ccccc3n2)cc1NC(=O)c1nc(C2CC2)ccc1Nc1cncnc1. The number of pyridine rings is 2. The first kappa shape index (κ1) is 20.9. The normalized spacial score (nSPS) is 13.1. The van der Waals surface area contributed by atoms with Crippen LogP contribution in [0.15, 0.2) is 73.3 Å². The van der Waals surface area contributed by atoms with E-state index in [4.69, 9.17) is 9.97 Å². The van der Waals surface area contributed by atoms with Crippen molar-refractivity contribution < 1.29 is 4.79 Å². The van der Waals surface area contributed by atoms with Crippen LogP contribution in [0.1, 0.15) is 34.9 Å². The Hall–Kier alpha value is -4.66. The van der Waals surface area contributed by atoms with E-state index in [0.717, 1.165) is 35.1 Å². The summed E-state index contributed by atoms with van der Waals surface area (Å²) in [6, 6.07) is 17.5. The summed E-state index contributed by atoms with van der Waals surface area (Å²) in [4.78, 5) is 30.9. The molecule has 35 heavy (non-hydrogen) atoms. The number of carbonyl (C=O) groups excluding carboxylic acids is 1. The van der Waals surface area contributed by atoms with Gasteiger partial charge in [-0.25, -0.2) is 19.9 Å². The largest absolute Gasteiger partial charge is 0.351 e. The van der Waals surface area contributed by atoms with Crippen molar-refractivity contribution >= 4 is 34.0 Å². The second-order valence-corrected chi connectivity index (χ2v) is 8.54. The van der Waals surface area contributed by atoms with Gasteiger partial charge in [-0.1, -0.05) is 24.3 Å². The molecule has 1 fully saturated rings. The zero-order chi connectivity index (χ0) is 23.8. The molecule has 0 unspecified atom stereocenters. The lowest BCUT2D eigenvalue weighted by Gasteiger charge is -2.12. The average molecular weight is 463 g/mol. The molecule has 9 heteroatoms. The molecule has 0 atom stereocenters. The third-order valence-corrected chi connectivity index (χ3v) is 5.95. The summed E-state index contributed by atoms with van der Waals surface area (Å²) >= 11 is 0. The first-order chi connectivity index (χ1) is 17.1. The number of nitrogens with one attached hydrogen (secondary N) is 2. The maximum atomic E-state index is 13.4. The molecule has 0 spiro atoms. The van der Waals surface area contributed by atoms with Crippen LogP contribution in [0.25, 0.3) is 22.3 Å². The van der Waals surface area contributed by atoms with Gasteiger partial charge in [0.2, 0.25) is 0 Å². The van der Waals surface area contributed by atoms with Gasteiger partial charge in [0.05, 0.1) is 35.0 Å². The average Bonchev–Trinajstić information content (AvgIpc) is 3.68. The Bertz CT molecular complexity index is 1540. The molecule has 1 aromatic carbocycles. The first-order valence-corrected chi connectivity index (χ1v) is 11.4. The van der Waals surface area contributed by atoms with Crippen molar-refractivity contribution in [1.29, 1.82) is 0 Å². The fraction of sp³-hybridized carbons (Fsp3) is 0.154. The fourth-order valence-electron chi connectivity index (χ4n) is 3.97. The van der Waals surface area contributed by atoms with Gasteiger partial charge in [0.1, 0.15) is 17.8 Å². The number of carbonyl (C=O) groups is 1. The van der Waals surface area contributed by atoms with Crippen molar-refractivity contribution in [3.8, 4) is 11.4 Å². The monoisotopic (exact) mass is 462 g/mol. The topological polar surface area (TPSA) is 111 Å². The molecule has 6 rings (SSSR count). The van der Waals surface area contributed by atoms with Crippen LogP contribution in [0, 0.1) is 0 Å². The Morgan fingerprint density at radius 3 is 2.63 bits per heavy atom. The van der Waals surface area contributed by atoms with Crippen molar-refractivity contribution in [2.75, 3.05) is 10.6 Å². The first-order valence-electron chi connectivity index (χ1n) is 11.4. The van der Waals surface area contributed by atoms with Gasteiger partial charge in [0.15, 0.2) is 5.69 Å². The van der Waals surface area contributed by atoms with Crippen molar-refractivity contribution in [1.82, 2.24) is 29.7 Å². The molecule has 172 valence electrons. The second-order valence-electron chi connectivity index (χ2n) is 8.54. The molecule has 4 heterocycles. The number of nitrogens with zero attached hydrogens (tertiary/aromatic N) is 6. The molecular formula is C26H22N8O. The van der Waals surface area contributed by atoms with E-state index in [9.17, 15) is 4.79 Å². The molecule has 5 aromatic rings. The van der Waals surface area contributed by atoms with E-state index < -0.39 is 0 Å². The number of anilines is 3. The highest BCUT2D eigenvalue weighted by atomic mass is 16.2. The molecule has 4 aromatic heterocycles. The predicted octanol–water partition coefficient (Wildman–Crippen LogP) is 4.69. The van der Waals surface area contributed by atoms with Gasteiger partial charge in [-0.15, -0.1) is 0 Å². The van der Waals surface area contributed by atoms with Crippen LogP contribution < -0.4 is 10.6 Å². The van der Waals surface area contributed by atoms with Gasteiger partial charge in [-0.05, 0) is 37.1 Å². The third-order valence-electron chi connectivity index (χ3n) is 5.95. The lowest BCUT2D eigenvalue weighted by atomic mass is 10.2. The van der Waals surface area contributed by atoms with E-state index in [1.165, 1.54) is 6.33 Å². The van der Waals surface area contributed by atoms with Crippen LogP contribution in [-0.4, -0.2) is 35.6 Å². The molecule has 1 aliphatic rings. The highest BCUT2D eigenvalue weighted by molar-refractivity contribution is 6.06. The molecule has 2 N–H and O–H groups in total. The number of aryl methyl sites for hydroxylation is 1. The van der Waals surface area contributed by atoms with Crippen LogP contribution in [0.5, 0.6) is 0 Å². The number of hydrogen-bond donors (Lipinski definition) is 2. The lowest BCUT2D eigenvalue weighted by Crippen LogP contribution is -2.18. The number of aromatic nitrogens is 6. The van der Waals surface area contributed by atoms with Gasteiger partial charge >= 0.3 is 0 Å². The van der Waals surface area contributed by atoms with Crippen LogP contribution in [-0.2, 0) is 7.05 Å². The Morgan fingerprint density at radius 1 is 0.971 bits per heavy atom. The molecule has 1 aliphatic carbocycles. The summed E-state index contributed by atoms with van der Waals surface area (Å²) in [6.45, 7) is 0. The van der Waals surface area contributed by atoms with E-state index in [0.29, 0.717) is 34.5 Å². The Labute approximate surface area is 201 Å². The summed E-state index contributed by atoms with van der Waals surface area (Å²) in [5.41, 5.74) is 4.80. The number of para-hydroxylation sites is 1. The zero-order valence-corrected chi connectivity index (χ0v) is 19.0. The zero-order valence-electron chi connectivity index (χ0n) is 19.0. The van der Waals surface area contributed by atoms with E-state index >= 15 is 0 Å². The Balaban J connectivity index is 1.30. The quantitative estimate of drug-likeness (QED) is 0.376. The van der Waals surface area contributed by atoms with E-state index in [2.05, 4.69) is 25.7 Å². The molecular weight excluding hydrogens is 440 g/mol. The van der Waals surface area contributed by atoms with Gasteiger partial charge in [0, 0.05) is 30.1 Å². The number of rotatable bonds is 6. The van der Waals surface area contributed by atoms with Gasteiger partial charge in [-0.2, -0.15) is 5.10 Å². The maximum absolute atomic E-state index is 13.4.